The Labute approximate surface area is 174 Å². The number of amides is 1. The van der Waals surface area contributed by atoms with Crippen LogP contribution in [0.1, 0.15) is 112 Å². The van der Waals surface area contributed by atoms with Crippen molar-refractivity contribution >= 4 is 28.2 Å². The summed E-state index contributed by atoms with van der Waals surface area (Å²) in [5, 5.41) is 3.73. The van der Waals surface area contributed by atoms with Gasteiger partial charge in [-0.25, -0.2) is 4.79 Å². The highest BCUT2D eigenvalue weighted by Gasteiger charge is 2.27. The number of hydrogen-bond donors (Lipinski definition) is 1. The van der Waals surface area contributed by atoms with Crippen molar-refractivity contribution in [1.82, 2.24) is 0 Å². The molecule has 28 heavy (non-hydrogen) atoms. The molecule has 0 unspecified atom stereocenters. The van der Waals surface area contributed by atoms with E-state index in [1.165, 1.54) is 43.4 Å². The molecular formula is C23H37NO3S. The maximum atomic E-state index is 12.7. The second-order valence-electron chi connectivity index (χ2n) is 8.14. The van der Waals surface area contributed by atoms with Gasteiger partial charge in [0.05, 0.1) is 11.7 Å². The lowest BCUT2D eigenvalue weighted by Crippen LogP contribution is -2.17. The van der Waals surface area contributed by atoms with Crippen LogP contribution in [0.15, 0.2) is 0 Å². The molecule has 0 aliphatic heterocycles. The van der Waals surface area contributed by atoms with Crippen LogP contribution in [0.25, 0.3) is 0 Å². The van der Waals surface area contributed by atoms with E-state index in [2.05, 4.69) is 12.2 Å². The molecule has 0 atom stereocenters. The molecule has 1 aliphatic rings. The summed E-state index contributed by atoms with van der Waals surface area (Å²) in [5.74, 6) is -0.274. The first kappa shape index (κ1) is 22.9. The van der Waals surface area contributed by atoms with Crippen LogP contribution in [0.3, 0.4) is 0 Å². The van der Waals surface area contributed by atoms with Gasteiger partial charge in [-0.05, 0) is 51.5 Å². The lowest BCUT2D eigenvalue weighted by atomic mass is 10.1. The summed E-state index contributed by atoms with van der Waals surface area (Å²) >= 11 is 1.58. The van der Waals surface area contributed by atoms with Crippen LogP contribution in [-0.2, 0) is 22.4 Å². The predicted octanol–water partition coefficient (Wildman–Crippen LogP) is 6.66. The van der Waals surface area contributed by atoms with Crippen LogP contribution in [0.2, 0.25) is 0 Å². The minimum atomic E-state index is -0.291. The highest BCUT2D eigenvalue weighted by Crippen LogP contribution is 2.38. The smallest absolute Gasteiger partial charge is 0.341 e. The van der Waals surface area contributed by atoms with Crippen molar-refractivity contribution in [3.63, 3.8) is 0 Å². The number of nitrogens with one attached hydrogen (secondary N) is 1. The van der Waals surface area contributed by atoms with E-state index in [1.807, 2.05) is 13.8 Å². The number of thiophene rings is 1. The Hall–Kier alpha value is -1.36. The van der Waals surface area contributed by atoms with E-state index in [0.29, 0.717) is 17.0 Å². The van der Waals surface area contributed by atoms with E-state index in [-0.39, 0.29) is 18.0 Å². The number of esters is 1. The molecular weight excluding hydrogens is 370 g/mol. The number of carbonyl (C=O) groups is 2. The monoisotopic (exact) mass is 407 g/mol. The van der Waals surface area contributed by atoms with E-state index >= 15 is 0 Å². The number of anilines is 1. The second-order valence-corrected chi connectivity index (χ2v) is 9.25. The molecule has 0 bridgehead atoms. The molecule has 0 spiro atoms. The fourth-order valence-corrected chi connectivity index (χ4v) is 5.05. The SMILES string of the molecule is CCCCCCCCCC(=O)Nc1sc2c(c1C(=O)OC(C)C)CCCCC2. The third kappa shape index (κ3) is 7.23. The van der Waals surface area contributed by atoms with E-state index in [9.17, 15) is 9.59 Å². The lowest BCUT2D eigenvalue weighted by Gasteiger charge is -2.11. The zero-order valence-corrected chi connectivity index (χ0v) is 18.7. The van der Waals surface area contributed by atoms with Crippen LogP contribution in [0.5, 0.6) is 0 Å². The second kappa shape index (κ2) is 12.3. The normalized spacial score (nSPS) is 13.9. The van der Waals surface area contributed by atoms with E-state index in [0.717, 1.165) is 44.1 Å². The Morgan fingerprint density at radius 3 is 2.39 bits per heavy atom. The zero-order chi connectivity index (χ0) is 20.4. The van der Waals surface area contributed by atoms with E-state index in [1.54, 1.807) is 11.3 Å². The van der Waals surface area contributed by atoms with Crippen LogP contribution < -0.4 is 5.32 Å². The van der Waals surface area contributed by atoms with Crippen molar-refractivity contribution in [2.75, 3.05) is 5.32 Å². The number of fused-ring (bicyclic) bond motifs is 1. The average Bonchev–Trinajstić information content (AvgIpc) is 2.81. The number of rotatable bonds is 11. The average molecular weight is 408 g/mol. The van der Waals surface area contributed by atoms with Crippen molar-refractivity contribution < 1.29 is 14.3 Å². The first-order valence-corrected chi connectivity index (χ1v) is 12.0. The third-order valence-corrected chi connectivity index (χ3v) is 6.44. The van der Waals surface area contributed by atoms with Gasteiger partial charge in [0, 0.05) is 11.3 Å². The summed E-state index contributed by atoms with van der Waals surface area (Å²) in [6.45, 7) is 5.95. The molecule has 0 saturated heterocycles. The summed E-state index contributed by atoms with van der Waals surface area (Å²) in [5.41, 5.74) is 1.72. The molecule has 1 aliphatic carbocycles. The fourth-order valence-electron chi connectivity index (χ4n) is 3.75. The van der Waals surface area contributed by atoms with Gasteiger partial charge in [-0.3, -0.25) is 4.79 Å². The van der Waals surface area contributed by atoms with Gasteiger partial charge >= 0.3 is 5.97 Å². The van der Waals surface area contributed by atoms with Gasteiger partial charge in [-0.2, -0.15) is 0 Å². The Morgan fingerprint density at radius 1 is 1.00 bits per heavy atom. The number of unbranched alkanes of at least 4 members (excludes halogenated alkanes) is 6. The molecule has 4 nitrogen and oxygen atoms in total. The molecule has 1 amide bonds. The van der Waals surface area contributed by atoms with Gasteiger partial charge in [0.1, 0.15) is 5.00 Å². The van der Waals surface area contributed by atoms with Crippen molar-refractivity contribution in [2.24, 2.45) is 0 Å². The first-order chi connectivity index (χ1) is 13.5. The third-order valence-electron chi connectivity index (χ3n) is 5.23. The summed E-state index contributed by atoms with van der Waals surface area (Å²) in [6.07, 6.45) is 14.0. The topological polar surface area (TPSA) is 55.4 Å². The van der Waals surface area contributed by atoms with Crippen LogP contribution in [0, 0.1) is 0 Å². The molecule has 1 N–H and O–H groups in total. The summed E-state index contributed by atoms with van der Waals surface area (Å²) in [4.78, 5) is 26.4. The van der Waals surface area contributed by atoms with Crippen LogP contribution in [0.4, 0.5) is 5.00 Å². The predicted molar refractivity (Wildman–Crippen MR) is 117 cm³/mol. The summed E-state index contributed by atoms with van der Waals surface area (Å²) in [6, 6.07) is 0. The summed E-state index contributed by atoms with van der Waals surface area (Å²) < 4.78 is 5.49. The Bertz CT molecular complexity index is 636. The van der Waals surface area contributed by atoms with Gasteiger partial charge in [0.15, 0.2) is 0 Å². The van der Waals surface area contributed by atoms with Crippen molar-refractivity contribution in [3.05, 3.63) is 16.0 Å². The molecule has 1 heterocycles. The standard InChI is InChI=1S/C23H37NO3S/c1-4-5-6-7-8-9-13-16-20(25)24-22-21(23(26)27-17(2)3)18-14-11-10-12-15-19(18)28-22/h17H,4-16H2,1-3H3,(H,24,25). The quantitative estimate of drug-likeness (QED) is 0.253. The fraction of sp³-hybridized carbons (Fsp3) is 0.739. The van der Waals surface area contributed by atoms with E-state index in [4.69, 9.17) is 4.74 Å². The minimum absolute atomic E-state index is 0.0172. The van der Waals surface area contributed by atoms with Gasteiger partial charge in [0.25, 0.3) is 0 Å². The first-order valence-electron chi connectivity index (χ1n) is 11.2. The highest BCUT2D eigenvalue weighted by atomic mass is 32.1. The number of ether oxygens (including phenoxy) is 1. The number of hydrogen-bond acceptors (Lipinski definition) is 4. The van der Waals surface area contributed by atoms with Gasteiger partial charge in [0.2, 0.25) is 5.91 Å². The minimum Gasteiger partial charge on any atom is -0.459 e. The van der Waals surface area contributed by atoms with Gasteiger partial charge < -0.3 is 10.1 Å². The largest absolute Gasteiger partial charge is 0.459 e. The number of aryl methyl sites for hydroxylation is 1. The molecule has 5 heteroatoms. The van der Waals surface area contributed by atoms with Crippen molar-refractivity contribution in [2.45, 2.75) is 110 Å². The van der Waals surface area contributed by atoms with Crippen molar-refractivity contribution in [3.8, 4) is 0 Å². The van der Waals surface area contributed by atoms with Crippen LogP contribution >= 0.6 is 11.3 Å². The molecule has 0 fully saturated rings. The molecule has 2 rings (SSSR count). The maximum Gasteiger partial charge on any atom is 0.341 e. The molecule has 158 valence electrons. The molecule has 1 aromatic rings. The molecule has 0 aromatic carbocycles. The molecule has 0 saturated carbocycles. The zero-order valence-electron chi connectivity index (χ0n) is 17.9. The lowest BCUT2D eigenvalue weighted by molar-refractivity contribution is -0.116. The molecule has 1 aromatic heterocycles. The Morgan fingerprint density at radius 2 is 1.68 bits per heavy atom. The van der Waals surface area contributed by atoms with Gasteiger partial charge in [-0.15, -0.1) is 11.3 Å². The molecule has 0 radical (unpaired) electrons. The maximum absolute atomic E-state index is 12.7. The van der Waals surface area contributed by atoms with Gasteiger partial charge in [-0.1, -0.05) is 51.9 Å². The van der Waals surface area contributed by atoms with Crippen LogP contribution in [-0.4, -0.2) is 18.0 Å². The Kier molecular flexibility index (Phi) is 10.0. The summed E-state index contributed by atoms with van der Waals surface area (Å²) in [7, 11) is 0. The highest BCUT2D eigenvalue weighted by molar-refractivity contribution is 7.17. The Balaban J connectivity index is 1.96. The van der Waals surface area contributed by atoms with Crippen molar-refractivity contribution in [1.29, 1.82) is 0 Å². The van der Waals surface area contributed by atoms with E-state index < -0.39 is 0 Å². The number of carbonyl (C=O) groups excluding carboxylic acids is 2.